The molecule has 1 aromatic carbocycles. The van der Waals surface area contributed by atoms with Gasteiger partial charge in [0.2, 0.25) is 0 Å². The fourth-order valence-electron chi connectivity index (χ4n) is 3.21. The van der Waals surface area contributed by atoms with Gasteiger partial charge in [0.05, 0.1) is 23.1 Å². The van der Waals surface area contributed by atoms with Crippen molar-refractivity contribution in [2.45, 2.75) is 32.7 Å². The van der Waals surface area contributed by atoms with E-state index in [-0.39, 0.29) is 11.9 Å². The molecule has 0 radical (unpaired) electrons. The van der Waals surface area contributed by atoms with Crippen LogP contribution in [0, 0.1) is 5.92 Å². The molecule has 1 aliphatic rings. The van der Waals surface area contributed by atoms with Gasteiger partial charge < -0.3 is 10.6 Å². The average Bonchev–Trinajstić information content (AvgIpc) is 3.01. The standard InChI is InChI=1S/C18H23ClN4O/c1-3-17-15(18(24)22-16-7-8-20-10-12(16)2)11-21-23(17)14-6-4-5-13(19)9-14/h4-6,9,11-12,16,20H,3,7-8,10H2,1-2H3,(H,22,24). The molecular weight excluding hydrogens is 324 g/mol. The molecule has 1 saturated heterocycles. The summed E-state index contributed by atoms with van der Waals surface area (Å²) in [6, 6.07) is 7.71. The van der Waals surface area contributed by atoms with Crippen LogP contribution >= 0.6 is 11.6 Å². The summed E-state index contributed by atoms with van der Waals surface area (Å²) < 4.78 is 1.80. The minimum atomic E-state index is -0.0427. The summed E-state index contributed by atoms with van der Waals surface area (Å²) in [7, 11) is 0. The van der Waals surface area contributed by atoms with Crippen LogP contribution in [0.4, 0.5) is 0 Å². The molecule has 0 saturated carbocycles. The van der Waals surface area contributed by atoms with Crippen molar-refractivity contribution in [2.75, 3.05) is 13.1 Å². The molecule has 1 aliphatic heterocycles. The minimum Gasteiger partial charge on any atom is -0.349 e. The van der Waals surface area contributed by atoms with E-state index in [1.54, 1.807) is 10.9 Å². The molecule has 2 unspecified atom stereocenters. The highest BCUT2D eigenvalue weighted by atomic mass is 35.5. The molecule has 6 heteroatoms. The van der Waals surface area contributed by atoms with E-state index >= 15 is 0 Å². The van der Waals surface area contributed by atoms with Crippen LogP contribution in [0.2, 0.25) is 5.02 Å². The molecule has 2 heterocycles. The molecule has 0 aliphatic carbocycles. The molecular formula is C18H23ClN4O. The largest absolute Gasteiger partial charge is 0.349 e. The van der Waals surface area contributed by atoms with Crippen LogP contribution in [0.15, 0.2) is 30.5 Å². The Morgan fingerprint density at radius 2 is 2.33 bits per heavy atom. The average molecular weight is 347 g/mol. The van der Waals surface area contributed by atoms with Gasteiger partial charge in [-0.1, -0.05) is 31.5 Å². The Morgan fingerprint density at radius 3 is 3.04 bits per heavy atom. The summed E-state index contributed by atoms with van der Waals surface area (Å²) in [5, 5.41) is 11.6. The maximum absolute atomic E-state index is 12.7. The lowest BCUT2D eigenvalue weighted by atomic mass is 9.95. The third kappa shape index (κ3) is 3.47. The molecule has 1 amide bonds. The van der Waals surface area contributed by atoms with Crippen LogP contribution < -0.4 is 10.6 Å². The number of hydrogen-bond acceptors (Lipinski definition) is 3. The third-order valence-corrected chi connectivity index (χ3v) is 4.84. The second kappa shape index (κ2) is 7.36. The molecule has 0 bridgehead atoms. The van der Waals surface area contributed by atoms with Crippen LogP contribution in [0.3, 0.4) is 0 Å². The fourth-order valence-corrected chi connectivity index (χ4v) is 3.39. The summed E-state index contributed by atoms with van der Waals surface area (Å²) >= 11 is 6.08. The first-order valence-electron chi connectivity index (χ1n) is 8.44. The van der Waals surface area contributed by atoms with E-state index in [2.05, 4.69) is 22.7 Å². The molecule has 2 N–H and O–H groups in total. The zero-order valence-corrected chi connectivity index (χ0v) is 14.8. The predicted octanol–water partition coefficient (Wildman–Crippen LogP) is 2.82. The lowest BCUT2D eigenvalue weighted by Gasteiger charge is -2.30. The molecule has 24 heavy (non-hydrogen) atoms. The number of halogens is 1. The topological polar surface area (TPSA) is 59.0 Å². The number of aromatic nitrogens is 2. The van der Waals surface area contributed by atoms with Crippen molar-refractivity contribution in [1.82, 2.24) is 20.4 Å². The predicted molar refractivity (Wildman–Crippen MR) is 95.9 cm³/mol. The first-order valence-corrected chi connectivity index (χ1v) is 8.82. The van der Waals surface area contributed by atoms with E-state index in [0.29, 0.717) is 16.5 Å². The zero-order valence-electron chi connectivity index (χ0n) is 14.1. The lowest BCUT2D eigenvalue weighted by molar-refractivity contribution is 0.0913. The monoisotopic (exact) mass is 346 g/mol. The Balaban J connectivity index is 1.84. The number of carbonyl (C=O) groups is 1. The van der Waals surface area contributed by atoms with Crippen molar-refractivity contribution in [3.63, 3.8) is 0 Å². The van der Waals surface area contributed by atoms with E-state index in [9.17, 15) is 4.79 Å². The highest BCUT2D eigenvalue weighted by molar-refractivity contribution is 6.30. The first-order chi connectivity index (χ1) is 11.6. The van der Waals surface area contributed by atoms with Gasteiger partial charge in [-0.25, -0.2) is 4.68 Å². The number of nitrogens with one attached hydrogen (secondary N) is 2. The van der Waals surface area contributed by atoms with Gasteiger partial charge in [-0.15, -0.1) is 0 Å². The van der Waals surface area contributed by atoms with Gasteiger partial charge in [0.1, 0.15) is 0 Å². The lowest BCUT2D eigenvalue weighted by Crippen LogP contribution is -2.48. The molecule has 3 rings (SSSR count). The zero-order chi connectivity index (χ0) is 17.1. The fraction of sp³-hybridized carbons (Fsp3) is 0.444. The Kier molecular flexibility index (Phi) is 5.21. The van der Waals surface area contributed by atoms with Crippen molar-refractivity contribution in [2.24, 2.45) is 5.92 Å². The number of amides is 1. The van der Waals surface area contributed by atoms with E-state index in [0.717, 1.165) is 37.3 Å². The second-order valence-corrected chi connectivity index (χ2v) is 6.74. The summed E-state index contributed by atoms with van der Waals surface area (Å²) in [5.74, 6) is 0.384. The molecule has 1 fully saturated rings. The SMILES string of the molecule is CCc1c(C(=O)NC2CCNCC2C)cnn1-c1cccc(Cl)c1. The van der Waals surface area contributed by atoms with Crippen LogP contribution in [0.5, 0.6) is 0 Å². The van der Waals surface area contributed by atoms with Crippen LogP contribution in [-0.2, 0) is 6.42 Å². The van der Waals surface area contributed by atoms with Crippen molar-refractivity contribution < 1.29 is 4.79 Å². The Hall–Kier alpha value is -1.85. The number of piperidine rings is 1. The van der Waals surface area contributed by atoms with Crippen LogP contribution in [0.1, 0.15) is 36.3 Å². The summed E-state index contributed by atoms with van der Waals surface area (Å²) in [6.07, 6.45) is 3.33. The quantitative estimate of drug-likeness (QED) is 0.895. The van der Waals surface area contributed by atoms with Gasteiger partial charge in [0.25, 0.3) is 5.91 Å². The molecule has 0 spiro atoms. The van der Waals surface area contributed by atoms with Crippen molar-refractivity contribution in [3.05, 3.63) is 46.7 Å². The number of carbonyl (C=O) groups excluding carboxylic acids is 1. The van der Waals surface area contributed by atoms with Gasteiger partial charge in [-0.3, -0.25) is 4.79 Å². The van der Waals surface area contributed by atoms with Crippen LogP contribution in [-0.4, -0.2) is 34.8 Å². The van der Waals surface area contributed by atoms with Crippen molar-refractivity contribution in [3.8, 4) is 5.69 Å². The maximum atomic E-state index is 12.7. The number of benzene rings is 1. The van der Waals surface area contributed by atoms with E-state index in [1.165, 1.54) is 0 Å². The highest BCUT2D eigenvalue weighted by Crippen LogP contribution is 2.20. The molecule has 5 nitrogen and oxygen atoms in total. The van der Waals surface area contributed by atoms with Gasteiger partial charge >= 0.3 is 0 Å². The van der Waals surface area contributed by atoms with Gasteiger partial charge in [-0.05, 0) is 50.0 Å². The normalized spacial score (nSPS) is 20.8. The molecule has 2 atom stereocenters. The van der Waals surface area contributed by atoms with Gasteiger partial charge in [-0.2, -0.15) is 5.10 Å². The number of nitrogens with zero attached hydrogens (tertiary/aromatic N) is 2. The Bertz CT molecular complexity index is 728. The molecule has 128 valence electrons. The van der Waals surface area contributed by atoms with Crippen molar-refractivity contribution in [1.29, 1.82) is 0 Å². The third-order valence-electron chi connectivity index (χ3n) is 4.60. The summed E-state index contributed by atoms with van der Waals surface area (Å²) in [6.45, 7) is 6.07. The van der Waals surface area contributed by atoms with E-state index in [4.69, 9.17) is 11.6 Å². The second-order valence-electron chi connectivity index (χ2n) is 6.30. The Morgan fingerprint density at radius 1 is 1.50 bits per heavy atom. The van der Waals surface area contributed by atoms with Gasteiger partial charge in [0.15, 0.2) is 0 Å². The van der Waals surface area contributed by atoms with E-state index in [1.807, 2.05) is 31.2 Å². The van der Waals surface area contributed by atoms with E-state index < -0.39 is 0 Å². The first kappa shape index (κ1) is 17.0. The molecule has 1 aromatic heterocycles. The van der Waals surface area contributed by atoms with Crippen LogP contribution in [0.25, 0.3) is 5.69 Å². The Labute approximate surface area is 147 Å². The summed E-state index contributed by atoms with van der Waals surface area (Å²) in [5.41, 5.74) is 2.41. The highest BCUT2D eigenvalue weighted by Gasteiger charge is 2.25. The van der Waals surface area contributed by atoms with Gasteiger partial charge in [0, 0.05) is 11.1 Å². The summed E-state index contributed by atoms with van der Waals surface area (Å²) in [4.78, 5) is 12.7. The smallest absolute Gasteiger partial charge is 0.255 e. The minimum absolute atomic E-state index is 0.0427. The maximum Gasteiger partial charge on any atom is 0.255 e. The number of rotatable bonds is 4. The number of hydrogen-bond donors (Lipinski definition) is 2. The molecule has 2 aromatic rings. The van der Waals surface area contributed by atoms with Crippen molar-refractivity contribution >= 4 is 17.5 Å².